The molecule has 0 bridgehead atoms. The molecule has 2 atom stereocenters. The lowest BCUT2D eigenvalue weighted by Crippen LogP contribution is -2.29. The van der Waals surface area contributed by atoms with E-state index in [0.717, 1.165) is 38.5 Å². The van der Waals surface area contributed by atoms with Gasteiger partial charge in [0.15, 0.2) is 6.10 Å². The fourth-order valence-corrected chi connectivity index (χ4v) is 8.05. The number of carbonyl (C=O) groups excluding carboxylic acids is 2. The second-order valence-corrected chi connectivity index (χ2v) is 19.2. The second-order valence-electron chi connectivity index (χ2n) is 17.7. The summed E-state index contributed by atoms with van der Waals surface area (Å²) in [4.78, 5) is 37.2. The summed E-state index contributed by atoms with van der Waals surface area (Å²) in [7, 11) is -0.706. The molecule has 360 valence electrons. The van der Waals surface area contributed by atoms with Crippen molar-refractivity contribution < 1.29 is 37.6 Å². The van der Waals surface area contributed by atoms with Crippen molar-refractivity contribution in [3.8, 4) is 0 Å². The van der Waals surface area contributed by atoms with E-state index in [-0.39, 0.29) is 32.0 Å². The Kier molecular flexibility index (Phi) is 45.3. The Hall–Kier alpha value is -1.51. The Morgan fingerprint density at radius 1 is 0.508 bits per heavy atom. The normalized spacial score (nSPS) is 13.4. The smallest absolute Gasteiger partial charge is 0.462 e. The van der Waals surface area contributed by atoms with Crippen LogP contribution in [-0.2, 0) is 32.7 Å². The molecule has 0 radical (unpaired) electrons. The molecule has 0 aromatic heterocycles. The zero-order valence-corrected chi connectivity index (χ0v) is 41.3. The van der Waals surface area contributed by atoms with Gasteiger partial charge in [-0.15, -0.1) is 0 Å². The number of hydrogen-bond donors (Lipinski definition) is 1. The van der Waals surface area contributed by atoms with Gasteiger partial charge in [0.2, 0.25) is 0 Å². The third kappa shape index (κ3) is 47.8. The molecule has 0 aromatic rings. The van der Waals surface area contributed by atoms with Gasteiger partial charge in [0.1, 0.15) is 6.61 Å². The standard InChI is InChI=1S/C51H98NO8P/c1-5-7-9-11-13-15-17-19-21-23-25-27-29-31-33-35-37-39-41-43-50(53)57-47-49(48-59-61(55,56)58-46-45-52(3)4)60-51(54)44-42-40-38-36-34-32-30-28-26-24-22-20-18-16-14-12-10-8-6-2/h13,15,19,21,49H,5-12,14,16-18,20,22-48H2,1-4H3,(H,55,56)/b15-13-,21-19-. The highest BCUT2D eigenvalue weighted by atomic mass is 31.2. The summed E-state index contributed by atoms with van der Waals surface area (Å²) in [6.07, 6.45) is 50.8. The van der Waals surface area contributed by atoms with Gasteiger partial charge in [-0.1, -0.05) is 212 Å². The number of carbonyl (C=O) groups is 2. The molecular weight excluding hydrogens is 786 g/mol. The third-order valence-electron chi connectivity index (χ3n) is 11.3. The largest absolute Gasteiger partial charge is 0.472 e. The number of phosphoric ester groups is 1. The average Bonchev–Trinajstić information content (AvgIpc) is 3.23. The van der Waals surface area contributed by atoms with Crippen molar-refractivity contribution in [2.45, 2.75) is 251 Å². The van der Waals surface area contributed by atoms with Crippen molar-refractivity contribution in [3.05, 3.63) is 24.3 Å². The zero-order valence-electron chi connectivity index (χ0n) is 40.4. The van der Waals surface area contributed by atoms with Crippen LogP contribution < -0.4 is 0 Å². The van der Waals surface area contributed by atoms with Crippen LogP contribution in [0.3, 0.4) is 0 Å². The van der Waals surface area contributed by atoms with Gasteiger partial charge in [-0.05, 0) is 59.0 Å². The second kappa shape index (κ2) is 46.5. The van der Waals surface area contributed by atoms with E-state index in [1.165, 1.54) is 173 Å². The van der Waals surface area contributed by atoms with E-state index in [0.29, 0.717) is 13.0 Å². The summed E-state index contributed by atoms with van der Waals surface area (Å²) in [5, 5.41) is 0. The number of nitrogens with zero attached hydrogens (tertiary/aromatic N) is 1. The maximum atomic E-state index is 12.7. The van der Waals surface area contributed by atoms with Crippen LogP contribution in [0.2, 0.25) is 0 Å². The number of ether oxygens (including phenoxy) is 2. The zero-order chi connectivity index (χ0) is 44.8. The topological polar surface area (TPSA) is 112 Å². The number of unbranched alkanes of at least 4 members (excludes halogenated alkanes) is 30. The van der Waals surface area contributed by atoms with Crippen molar-refractivity contribution in [2.75, 3.05) is 40.5 Å². The van der Waals surface area contributed by atoms with E-state index in [9.17, 15) is 19.0 Å². The minimum absolute atomic E-state index is 0.00912. The number of allylic oxidation sites excluding steroid dienone is 4. The molecule has 0 spiro atoms. The van der Waals surface area contributed by atoms with Crippen molar-refractivity contribution >= 4 is 19.8 Å². The fraction of sp³-hybridized carbons (Fsp3) is 0.882. The molecule has 0 aromatic carbocycles. The number of hydrogen-bond acceptors (Lipinski definition) is 8. The molecular formula is C51H98NO8P. The number of phosphoric acid groups is 1. The monoisotopic (exact) mass is 884 g/mol. The quantitative estimate of drug-likeness (QED) is 0.0276. The lowest BCUT2D eigenvalue weighted by molar-refractivity contribution is -0.161. The molecule has 2 unspecified atom stereocenters. The lowest BCUT2D eigenvalue weighted by Gasteiger charge is -2.20. The van der Waals surface area contributed by atoms with Gasteiger partial charge in [-0.25, -0.2) is 4.57 Å². The van der Waals surface area contributed by atoms with E-state index in [1.807, 2.05) is 19.0 Å². The number of rotatable bonds is 48. The van der Waals surface area contributed by atoms with E-state index in [4.69, 9.17) is 18.5 Å². The molecule has 0 amide bonds. The van der Waals surface area contributed by atoms with Crippen LogP contribution in [0.15, 0.2) is 24.3 Å². The van der Waals surface area contributed by atoms with E-state index in [2.05, 4.69) is 38.2 Å². The Bertz CT molecular complexity index is 1070. The van der Waals surface area contributed by atoms with Gasteiger partial charge in [0.25, 0.3) is 0 Å². The first kappa shape index (κ1) is 59.5. The molecule has 10 heteroatoms. The van der Waals surface area contributed by atoms with Gasteiger partial charge in [-0.3, -0.25) is 18.6 Å². The summed E-state index contributed by atoms with van der Waals surface area (Å²) in [5.41, 5.74) is 0. The Balaban J connectivity index is 4.16. The molecule has 1 N–H and O–H groups in total. The predicted molar refractivity (Wildman–Crippen MR) is 257 cm³/mol. The third-order valence-corrected chi connectivity index (χ3v) is 12.2. The Labute approximate surface area is 376 Å². The average molecular weight is 884 g/mol. The van der Waals surface area contributed by atoms with Crippen LogP contribution in [0.25, 0.3) is 0 Å². The molecule has 9 nitrogen and oxygen atoms in total. The first-order chi connectivity index (χ1) is 29.7. The fourth-order valence-electron chi connectivity index (χ4n) is 7.31. The van der Waals surface area contributed by atoms with Crippen molar-refractivity contribution in [3.63, 3.8) is 0 Å². The van der Waals surface area contributed by atoms with Gasteiger partial charge >= 0.3 is 19.8 Å². The minimum Gasteiger partial charge on any atom is -0.462 e. The van der Waals surface area contributed by atoms with Crippen LogP contribution in [0, 0.1) is 0 Å². The number of esters is 2. The molecule has 0 aliphatic carbocycles. The molecule has 0 rings (SSSR count). The van der Waals surface area contributed by atoms with Crippen LogP contribution in [0.4, 0.5) is 0 Å². The summed E-state index contributed by atoms with van der Waals surface area (Å²) < 4.78 is 33.6. The van der Waals surface area contributed by atoms with E-state index in [1.54, 1.807) is 0 Å². The van der Waals surface area contributed by atoms with E-state index < -0.39 is 26.5 Å². The highest BCUT2D eigenvalue weighted by Gasteiger charge is 2.26. The predicted octanol–water partition coefficient (Wildman–Crippen LogP) is 15.3. The van der Waals surface area contributed by atoms with Crippen LogP contribution in [0.1, 0.15) is 245 Å². The molecule has 0 aliphatic heterocycles. The van der Waals surface area contributed by atoms with Gasteiger partial charge in [0, 0.05) is 19.4 Å². The first-order valence-electron chi connectivity index (χ1n) is 25.6. The van der Waals surface area contributed by atoms with Crippen LogP contribution in [0.5, 0.6) is 0 Å². The lowest BCUT2D eigenvalue weighted by atomic mass is 10.0. The molecule has 0 heterocycles. The molecule has 0 fully saturated rings. The maximum absolute atomic E-state index is 12.7. The molecule has 61 heavy (non-hydrogen) atoms. The Morgan fingerprint density at radius 3 is 1.33 bits per heavy atom. The molecule has 0 saturated heterocycles. The summed E-state index contributed by atoms with van der Waals surface area (Å²) in [6, 6.07) is 0. The van der Waals surface area contributed by atoms with Gasteiger partial charge < -0.3 is 19.3 Å². The van der Waals surface area contributed by atoms with Crippen LogP contribution >= 0.6 is 7.82 Å². The number of likely N-dealkylation sites (N-methyl/N-ethyl adjacent to an activating group) is 1. The maximum Gasteiger partial charge on any atom is 0.472 e. The molecule has 0 saturated carbocycles. The van der Waals surface area contributed by atoms with Crippen molar-refractivity contribution in [1.82, 2.24) is 4.90 Å². The summed E-state index contributed by atoms with van der Waals surface area (Å²) in [6.45, 7) is 4.34. The van der Waals surface area contributed by atoms with Crippen LogP contribution in [-0.4, -0.2) is 68.3 Å². The van der Waals surface area contributed by atoms with Crippen molar-refractivity contribution in [1.29, 1.82) is 0 Å². The van der Waals surface area contributed by atoms with Crippen molar-refractivity contribution in [2.24, 2.45) is 0 Å². The highest BCUT2D eigenvalue weighted by Crippen LogP contribution is 2.43. The SMILES string of the molecule is CCCCC/C=C\C/C=C\CCCCCCCCCCCC(=O)OCC(COP(=O)(O)OCCN(C)C)OC(=O)CCCCCCCCCCCCCCCCCCCCC. The van der Waals surface area contributed by atoms with Gasteiger partial charge in [-0.2, -0.15) is 0 Å². The minimum atomic E-state index is -4.36. The Morgan fingerprint density at radius 2 is 0.885 bits per heavy atom. The summed E-state index contributed by atoms with van der Waals surface area (Å²) in [5.74, 6) is -0.794. The summed E-state index contributed by atoms with van der Waals surface area (Å²) >= 11 is 0. The van der Waals surface area contributed by atoms with Gasteiger partial charge in [0.05, 0.1) is 13.2 Å². The first-order valence-corrected chi connectivity index (χ1v) is 27.1. The molecule has 0 aliphatic rings. The highest BCUT2D eigenvalue weighted by molar-refractivity contribution is 7.47. The van der Waals surface area contributed by atoms with E-state index >= 15 is 0 Å².